The van der Waals surface area contributed by atoms with Gasteiger partial charge in [0.15, 0.2) is 0 Å². The van der Waals surface area contributed by atoms with Crippen LogP contribution in [0.15, 0.2) is 67.0 Å². The molecule has 3 aromatic rings. The second kappa shape index (κ2) is 9.11. The van der Waals surface area contributed by atoms with Gasteiger partial charge in [-0.05, 0) is 74.0 Å². The van der Waals surface area contributed by atoms with Crippen molar-refractivity contribution >= 4 is 34.5 Å². The highest BCUT2D eigenvalue weighted by atomic mass is 16.4. The summed E-state index contributed by atoms with van der Waals surface area (Å²) in [6, 6.07) is 16.7. The molecule has 2 N–H and O–H groups in total. The van der Waals surface area contributed by atoms with Crippen LogP contribution >= 0.6 is 0 Å². The Bertz CT molecular complexity index is 1260. The molecule has 0 atom stereocenters. The van der Waals surface area contributed by atoms with E-state index in [1.165, 1.54) is 24.5 Å². The molecular weight excluding hydrogens is 428 g/mol. The van der Waals surface area contributed by atoms with Gasteiger partial charge in [-0.25, -0.2) is 4.79 Å². The van der Waals surface area contributed by atoms with Crippen molar-refractivity contribution < 1.29 is 14.7 Å². The molecule has 7 heteroatoms. The molecule has 1 amide bonds. The molecular formula is C27H26N4O3. The van der Waals surface area contributed by atoms with Gasteiger partial charge < -0.3 is 15.3 Å². The molecule has 5 rings (SSSR count). The fourth-order valence-corrected chi connectivity index (χ4v) is 4.63. The van der Waals surface area contributed by atoms with E-state index < -0.39 is 5.97 Å². The van der Waals surface area contributed by atoms with Crippen LogP contribution in [0.1, 0.15) is 39.9 Å². The van der Waals surface area contributed by atoms with Crippen LogP contribution < -0.4 is 10.2 Å². The molecule has 1 saturated heterocycles. The summed E-state index contributed by atoms with van der Waals surface area (Å²) in [6.45, 7) is 3.23. The van der Waals surface area contributed by atoms with Gasteiger partial charge in [-0.3, -0.25) is 14.7 Å². The topological polar surface area (TPSA) is 85.8 Å². The predicted octanol–water partition coefficient (Wildman–Crippen LogP) is 4.33. The normalized spacial score (nSPS) is 17.1. The lowest BCUT2D eigenvalue weighted by molar-refractivity contribution is -0.112. The number of fused-ring (bicyclic) bond motifs is 1. The van der Waals surface area contributed by atoms with Crippen molar-refractivity contribution in [1.29, 1.82) is 0 Å². The van der Waals surface area contributed by atoms with Gasteiger partial charge in [-0.1, -0.05) is 12.1 Å². The van der Waals surface area contributed by atoms with Gasteiger partial charge in [-0.2, -0.15) is 0 Å². The fourth-order valence-electron chi connectivity index (χ4n) is 4.63. The van der Waals surface area contributed by atoms with E-state index in [0.717, 1.165) is 30.9 Å². The Hall–Kier alpha value is -3.97. The molecule has 7 nitrogen and oxygen atoms in total. The molecule has 2 aromatic carbocycles. The molecule has 172 valence electrons. The predicted molar refractivity (Wildman–Crippen MR) is 132 cm³/mol. The molecule has 0 bridgehead atoms. The van der Waals surface area contributed by atoms with Crippen LogP contribution in [-0.2, 0) is 11.3 Å². The number of likely N-dealkylation sites (N-methyl/N-ethyl adjacent to an activating group) is 1. The van der Waals surface area contributed by atoms with E-state index in [1.54, 1.807) is 36.5 Å². The van der Waals surface area contributed by atoms with Crippen molar-refractivity contribution in [2.45, 2.75) is 19.4 Å². The average molecular weight is 455 g/mol. The third kappa shape index (κ3) is 4.18. The maximum absolute atomic E-state index is 13.4. The van der Waals surface area contributed by atoms with Gasteiger partial charge in [0.05, 0.1) is 22.5 Å². The first-order chi connectivity index (χ1) is 16.5. The zero-order valence-electron chi connectivity index (χ0n) is 19.0. The number of aromatic nitrogens is 1. The summed E-state index contributed by atoms with van der Waals surface area (Å²) in [7, 11) is 1.70. The second-order valence-electron chi connectivity index (χ2n) is 8.69. The monoisotopic (exact) mass is 454 g/mol. The Balaban J connectivity index is 1.56. The molecule has 3 heterocycles. The number of likely N-dealkylation sites (tertiary alicyclic amines) is 1. The first kappa shape index (κ1) is 21.9. The number of hydrogen-bond donors (Lipinski definition) is 2. The minimum atomic E-state index is -1.03. The number of amides is 1. The Morgan fingerprint density at radius 2 is 1.71 bits per heavy atom. The van der Waals surface area contributed by atoms with Crippen LogP contribution in [0.2, 0.25) is 0 Å². The van der Waals surface area contributed by atoms with Gasteiger partial charge in [0.1, 0.15) is 0 Å². The SMILES string of the molecule is CN1C(=O)C(=C(Nc2ccc(CN3CCCC3)cc2)c2ccncc2)c2cc(C(=O)O)ccc21. The molecule has 0 unspecified atom stereocenters. The molecule has 0 radical (unpaired) electrons. The van der Waals surface area contributed by atoms with Crippen molar-refractivity contribution in [3.63, 3.8) is 0 Å². The minimum Gasteiger partial charge on any atom is -0.478 e. The maximum Gasteiger partial charge on any atom is 0.335 e. The number of carboxylic acid groups (broad SMARTS) is 1. The number of rotatable bonds is 6. The summed E-state index contributed by atoms with van der Waals surface area (Å²) in [5, 5.41) is 13.0. The fraction of sp³-hybridized carbons (Fsp3) is 0.222. The second-order valence-corrected chi connectivity index (χ2v) is 8.69. The van der Waals surface area contributed by atoms with E-state index in [-0.39, 0.29) is 11.5 Å². The third-order valence-corrected chi connectivity index (χ3v) is 6.44. The van der Waals surface area contributed by atoms with Crippen LogP contribution in [0.4, 0.5) is 11.4 Å². The standard InChI is InChI=1S/C27H26N4O3/c1-30-23-9-6-20(27(33)34)16-22(23)24(26(30)32)25(19-10-12-28-13-11-19)29-21-7-4-18(5-8-21)17-31-14-2-3-15-31/h4-13,16,29H,2-3,14-15,17H2,1H3,(H,33,34). The van der Waals surface area contributed by atoms with Crippen molar-refractivity contribution in [2.75, 3.05) is 30.4 Å². The number of carbonyl (C=O) groups excluding carboxylic acids is 1. The van der Waals surface area contributed by atoms with Crippen molar-refractivity contribution in [3.8, 4) is 0 Å². The lowest BCUT2D eigenvalue weighted by atomic mass is 9.99. The summed E-state index contributed by atoms with van der Waals surface area (Å²) in [4.78, 5) is 33.1. The van der Waals surface area contributed by atoms with Crippen LogP contribution in [-0.4, -0.2) is 47.0 Å². The van der Waals surface area contributed by atoms with Crippen LogP contribution in [0.3, 0.4) is 0 Å². The van der Waals surface area contributed by atoms with Crippen molar-refractivity contribution in [2.24, 2.45) is 0 Å². The summed E-state index contributed by atoms with van der Waals surface area (Å²) >= 11 is 0. The number of carboxylic acids is 1. The van der Waals surface area contributed by atoms with E-state index in [2.05, 4.69) is 27.3 Å². The van der Waals surface area contributed by atoms with Crippen LogP contribution in [0, 0.1) is 0 Å². The highest BCUT2D eigenvalue weighted by Gasteiger charge is 2.33. The lowest BCUT2D eigenvalue weighted by Crippen LogP contribution is -2.21. The largest absolute Gasteiger partial charge is 0.478 e. The first-order valence-electron chi connectivity index (χ1n) is 11.4. The molecule has 0 aliphatic carbocycles. The molecule has 2 aliphatic heterocycles. The zero-order chi connectivity index (χ0) is 23.7. The van der Waals surface area contributed by atoms with Crippen molar-refractivity contribution in [3.05, 3.63) is 89.2 Å². The van der Waals surface area contributed by atoms with Crippen molar-refractivity contribution in [1.82, 2.24) is 9.88 Å². The minimum absolute atomic E-state index is 0.139. The molecule has 0 spiro atoms. The number of aromatic carboxylic acids is 1. The highest BCUT2D eigenvalue weighted by molar-refractivity contribution is 6.38. The number of pyridine rings is 1. The van der Waals surface area contributed by atoms with Gasteiger partial charge in [0.25, 0.3) is 5.91 Å². The number of nitrogens with zero attached hydrogens (tertiary/aromatic N) is 3. The Labute approximate surface area is 198 Å². The lowest BCUT2D eigenvalue weighted by Gasteiger charge is -2.17. The van der Waals surface area contributed by atoms with E-state index >= 15 is 0 Å². The van der Waals surface area contributed by atoms with E-state index in [4.69, 9.17) is 0 Å². The third-order valence-electron chi connectivity index (χ3n) is 6.44. The molecule has 34 heavy (non-hydrogen) atoms. The van der Waals surface area contributed by atoms with Crippen LogP contribution in [0.5, 0.6) is 0 Å². The van der Waals surface area contributed by atoms with Gasteiger partial charge >= 0.3 is 5.97 Å². The Morgan fingerprint density at radius 1 is 1.00 bits per heavy atom. The number of anilines is 2. The van der Waals surface area contributed by atoms with Gasteiger partial charge in [0.2, 0.25) is 0 Å². The summed E-state index contributed by atoms with van der Waals surface area (Å²) in [6.07, 6.45) is 5.87. The molecule has 2 aliphatic rings. The molecule has 1 fully saturated rings. The Morgan fingerprint density at radius 3 is 2.38 bits per heavy atom. The molecule has 0 saturated carbocycles. The number of carbonyl (C=O) groups is 2. The van der Waals surface area contributed by atoms with E-state index in [9.17, 15) is 14.7 Å². The number of nitrogens with one attached hydrogen (secondary N) is 1. The smallest absolute Gasteiger partial charge is 0.335 e. The van der Waals surface area contributed by atoms with Gasteiger partial charge in [0, 0.05) is 42.8 Å². The number of benzene rings is 2. The maximum atomic E-state index is 13.4. The van der Waals surface area contributed by atoms with Crippen LogP contribution in [0.25, 0.3) is 11.3 Å². The van der Waals surface area contributed by atoms with Gasteiger partial charge in [-0.15, -0.1) is 0 Å². The highest BCUT2D eigenvalue weighted by Crippen LogP contribution is 2.41. The molecule has 1 aromatic heterocycles. The summed E-state index contributed by atoms with van der Waals surface area (Å²) < 4.78 is 0. The number of hydrogen-bond acceptors (Lipinski definition) is 5. The average Bonchev–Trinajstić information content (AvgIpc) is 3.45. The van der Waals surface area contributed by atoms with E-state index in [0.29, 0.717) is 22.5 Å². The Kier molecular flexibility index (Phi) is 5.86. The summed E-state index contributed by atoms with van der Waals surface area (Å²) in [5.74, 6) is -1.22. The quantitative estimate of drug-likeness (QED) is 0.539. The first-order valence-corrected chi connectivity index (χ1v) is 11.4. The zero-order valence-corrected chi connectivity index (χ0v) is 19.0. The summed E-state index contributed by atoms with van der Waals surface area (Å²) in [5.41, 5.74) is 5.36. The van der Waals surface area contributed by atoms with E-state index in [1.807, 2.05) is 24.3 Å².